The first-order chi connectivity index (χ1) is 15.1. The van der Waals surface area contributed by atoms with Crippen LogP contribution in [-0.2, 0) is 11.2 Å². The molecular formula is C24H24N4O2S. The largest absolute Gasteiger partial charge is 0.457 e. The van der Waals surface area contributed by atoms with Crippen molar-refractivity contribution >= 4 is 22.9 Å². The highest BCUT2D eigenvalue weighted by molar-refractivity contribution is 7.09. The van der Waals surface area contributed by atoms with Gasteiger partial charge in [-0.3, -0.25) is 4.79 Å². The second-order valence-electron chi connectivity index (χ2n) is 7.54. The molecule has 1 fully saturated rings. The van der Waals surface area contributed by atoms with Crippen molar-refractivity contribution < 1.29 is 9.53 Å². The lowest BCUT2D eigenvalue weighted by Gasteiger charge is -2.23. The van der Waals surface area contributed by atoms with Gasteiger partial charge in [0.2, 0.25) is 5.91 Å². The summed E-state index contributed by atoms with van der Waals surface area (Å²) in [6.07, 6.45) is 1.47. The van der Waals surface area contributed by atoms with Crippen LogP contribution in [0.4, 0.5) is 5.69 Å². The van der Waals surface area contributed by atoms with Crippen LogP contribution in [0.2, 0.25) is 0 Å². The fourth-order valence-electron chi connectivity index (χ4n) is 3.84. The van der Waals surface area contributed by atoms with Crippen molar-refractivity contribution in [1.29, 1.82) is 5.26 Å². The lowest BCUT2D eigenvalue weighted by atomic mass is 10.1. The van der Waals surface area contributed by atoms with Gasteiger partial charge in [0.05, 0.1) is 17.3 Å². The average molecular weight is 433 g/mol. The molecule has 0 saturated carbocycles. The number of hydrogen-bond acceptors (Lipinski definition) is 6. The molecule has 0 bridgehead atoms. The van der Waals surface area contributed by atoms with Gasteiger partial charge in [0, 0.05) is 36.5 Å². The smallest absolute Gasteiger partial charge is 0.234 e. The maximum absolute atomic E-state index is 11.9. The summed E-state index contributed by atoms with van der Waals surface area (Å²) in [5, 5.41) is 15.1. The molecule has 6 nitrogen and oxygen atoms in total. The van der Waals surface area contributed by atoms with E-state index in [1.165, 1.54) is 0 Å². The van der Waals surface area contributed by atoms with Crippen LogP contribution >= 0.6 is 11.3 Å². The molecule has 2 heterocycles. The zero-order valence-electron chi connectivity index (χ0n) is 17.0. The number of carbonyl (C=O) groups excluding carboxylic acids is 1. The fourth-order valence-corrected chi connectivity index (χ4v) is 4.59. The third-order valence-corrected chi connectivity index (χ3v) is 6.26. The standard InChI is InChI=1S/C24H24N4O2S/c25-15-17-13-20(30-19-5-2-1-3-6-19)8-9-23(17)28-11-10-18(16-28)27-22(24(26)29)14-21-7-4-12-31-21/h1-9,12-13,18,22,27H,10-11,14,16H2,(H2,26,29)/t18-,22-/m0/s1. The van der Waals surface area contributed by atoms with E-state index < -0.39 is 6.04 Å². The topological polar surface area (TPSA) is 91.4 Å². The van der Waals surface area contributed by atoms with Crippen LogP contribution in [0, 0.1) is 11.3 Å². The predicted octanol–water partition coefficient (Wildman–Crippen LogP) is 3.68. The van der Waals surface area contributed by atoms with Crippen molar-refractivity contribution in [3.8, 4) is 17.6 Å². The Morgan fingerprint density at radius 1 is 1.23 bits per heavy atom. The fraction of sp³-hybridized carbons (Fsp3) is 0.250. The van der Waals surface area contributed by atoms with Gasteiger partial charge in [-0.05, 0) is 42.1 Å². The lowest BCUT2D eigenvalue weighted by Crippen LogP contribution is -2.48. The van der Waals surface area contributed by atoms with E-state index in [2.05, 4.69) is 16.3 Å². The van der Waals surface area contributed by atoms with Crippen LogP contribution in [0.1, 0.15) is 16.9 Å². The van der Waals surface area contributed by atoms with E-state index in [0.29, 0.717) is 24.3 Å². The Labute approximate surface area is 185 Å². The number of nitrogens with two attached hydrogens (primary N) is 1. The molecule has 2 atom stereocenters. The second-order valence-corrected chi connectivity index (χ2v) is 8.57. The number of anilines is 1. The first-order valence-electron chi connectivity index (χ1n) is 10.2. The molecule has 1 aliphatic rings. The average Bonchev–Trinajstić information content (AvgIpc) is 3.46. The minimum absolute atomic E-state index is 0.129. The summed E-state index contributed by atoms with van der Waals surface area (Å²) in [6.45, 7) is 1.51. The molecule has 0 aliphatic carbocycles. The monoisotopic (exact) mass is 432 g/mol. The van der Waals surface area contributed by atoms with Crippen LogP contribution in [0.25, 0.3) is 0 Å². The maximum atomic E-state index is 11.9. The Kier molecular flexibility index (Phi) is 6.51. The van der Waals surface area contributed by atoms with Crippen molar-refractivity contribution in [3.63, 3.8) is 0 Å². The van der Waals surface area contributed by atoms with Gasteiger partial charge in [0.25, 0.3) is 0 Å². The third-order valence-electron chi connectivity index (χ3n) is 5.36. The van der Waals surface area contributed by atoms with Gasteiger partial charge in [-0.1, -0.05) is 24.3 Å². The number of nitriles is 1. The highest BCUT2D eigenvalue weighted by Gasteiger charge is 2.28. The number of nitrogens with zero attached hydrogens (tertiary/aromatic N) is 2. The first kappa shape index (κ1) is 20.9. The number of primary amides is 1. The molecule has 2 aromatic carbocycles. The van der Waals surface area contributed by atoms with Gasteiger partial charge >= 0.3 is 0 Å². The number of carbonyl (C=O) groups is 1. The van der Waals surface area contributed by atoms with E-state index in [1.807, 2.05) is 60.0 Å². The number of benzene rings is 2. The Balaban J connectivity index is 1.42. The molecule has 3 N–H and O–H groups in total. The molecule has 3 aromatic rings. The minimum atomic E-state index is -0.402. The Bertz CT molecular complexity index is 1060. The zero-order chi connectivity index (χ0) is 21.6. The normalized spacial score (nSPS) is 16.6. The summed E-state index contributed by atoms with van der Waals surface area (Å²) in [4.78, 5) is 15.3. The number of rotatable bonds is 8. The van der Waals surface area contributed by atoms with Gasteiger partial charge in [0.15, 0.2) is 0 Å². The van der Waals surface area contributed by atoms with Crippen molar-refractivity contribution in [2.24, 2.45) is 5.73 Å². The van der Waals surface area contributed by atoms with E-state index in [0.717, 1.165) is 29.3 Å². The highest BCUT2D eigenvalue weighted by Crippen LogP contribution is 2.30. The Morgan fingerprint density at radius 3 is 2.77 bits per heavy atom. The van der Waals surface area contributed by atoms with Gasteiger partial charge in [0.1, 0.15) is 17.6 Å². The Morgan fingerprint density at radius 2 is 2.06 bits per heavy atom. The van der Waals surface area contributed by atoms with Crippen molar-refractivity contribution in [2.45, 2.75) is 24.9 Å². The summed E-state index contributed by atoms with van der Waals surface area (Å²) >= 11 is 1.62. The molecule has 1 amide bonds. The molecule has 1 aromatic heterocycles. The van der Waals surface area contributed by atoms with Gasteiger partial charge in [-0.2, -0.15) is 5.26 Å². The number of hydrogen-bond donors (Lipinski definition) is 2. The van der Waals surface area contributed by atoms with E-state index in [9.17, 15) is 10.1 Å². The van der Waals surface area contributed by atoms with Crippen LogP contribution in [0.3, 0.4) is 0 Å². The Hall–Kier alpha value is -3.34. The molecular weight excluding hydrogens is 408 g/mol. The van der Waals surface area contributed by atoms with Crippen LogP contribution in [-0.4, -0.2) is 31.1 Å². The summed E-state index contributed by atoms with van der Waals surface area (Å²) in [5.74, 6) is 1.02. The molecule has 158 valence electrons. The number of nitrogens with one attached hydrogen (secondary N) is 1. The quantitative estimate of drug-likeness (QED) is 0.567. The molecule has 7 heteroatoms. The molecule has 0 radical (unpaired) electrons. The van der Waals surface area contributed by atoms with Crippen molar-refractivity contribution in [2.75, 3.05) is 18.0 Å². The molecule has 31 heavy (non-hydrogen) atoms. The highest BCUT2D eigenvalue weighted by atomic mass is 32.1. The zero-order valence-corrected chi connectivity index (χ0v) is 17.8. The number of para-hydroxylation sites is 1. The summed E-state index contributed by atoms with van der Waals surface area (Å²) in [5.41, 5.74) is 7.08. The summed E-state index contributed by atoms with van der Waals surface area (Å²) in [6, 6.07) is 21.1. The molecule has 0 unspecified atom stereocenters. The summed E-state index contributed by atoms with van der Waals surface area (Å²) in [7, 11) is 0. The van der Waals surface area contributed by atoms with Crippen LogP contribution < -0.4 is 20.7 Å². The lowest BCUT2D eigenvalue weighted by molar-refractivity contribution is -0.120. The third kappa shape index (κ3) is 5.23. The van der Waals surface area contributed by atoms with Crippen LogP contribution in [0.15, 0.2) is 66.0 Å². The molecule has 4 rings (SSSR count). The second kappa shape index (κ2) is 9.65. The first-order valence-corrected chi connectivity index (χ1v) is 11.1. The minimum Gasteiger partial charge on any atom is -0.457 e. The number of thiophene rings is 1. The van der Waals surface area contributed by atoms with E-state index in [1.54, 1.807) is 17.4 Å². The molecule has 1 saturated heterocycles. The number of amides is 1. The molecule has 1 aliphatic heterocycles. The van der Waals surface area contributed by atoms with E-state index in [4.69, 9.17) is 10.5 Å². The predicted molar refractivity (Wildman–Crippen MR) is 122 cm³/mol. The van der Waals surface area contributed by atoms with Crippen molar-refractivity contribution in [1.82, 2.24) is 5.32 Å². The van der Waals surface area contributed by atoms with Gasteiger partial charge < -0.3 is 20.7 Å². The maximum Gasteiger partial charge on any atom is 0.234 e. The van der Waals surface area contributed by atoms with Gasteiger partial charge in [-0.15, -0.1) is 11.3 Å². The number of ether oxygens (including phenoxy) is 1. The van der Waals surface area contributed by atoms with Crippen molar-refractivity contribution in [3.05, 3.63) is 76.5 Å². The molecule has 0 spiro atoms. The van der Waals surface area contributed by atoms with Gasteiger partial charge in [-0.25, -0.2) is 0 Å². The summed E-state index contributed by atoms with van der Waals surface area (Å²) < 4.78 is 5.86. The SMILES string of the molecule is N#Cc1cc(Oc2ccccc2)ccc1N1CC[C@H](N[C@@H](Cc2cccs2)C(N)=O)C1. The van der Waals surface area contributed by atoms with Crippen LogP contribution in [0.5, 0.6) is 11.5 Å². The van der Waals surface area contributed by atoms with E-state index in [-0.39, 0.29) is 11.9 Å². The van der Waals surface area contributed by atoms with E-state index >= 15 is 0 Å².